The van der Waals surface area contributed by atoms with Crippen LogP contribution in [-0.4, -0.2) is 57.7 Å². The Morgan fingerprint density at radius 1 is 1.31 bits per heavy atom. The zero-order chi connectivity index (χ0) is 22.5. The number of cyclic esters (lactones) is 1. The van der Waals surface area contributed by atoms with Crippen molar-refractivity contribution in [3.63, 3.8) is 0 Å². The highest BCUT2D eigenvalue weighted by Crippen LogP contribution is 2.32. The number of nitrogens with one attached hydrogen (secondary N) is 3. The van der Waals surface area contributed by atoms with E-state index in [9.17, 15) is 14.0 Å². The molecule has 1 fully saturated rings. The van der Waals surface area contributed by atoms with Gasteiger partial charge < -0.3 is 15.4 Å². The smallest absolute Gasteiger partial charge is 0.414 e. The van der Waals surface area contributed by atoms with E-state index in [2.05, 4.69) is 26.0 Å². The monoisotopic (exact) mass is 440 g/mol. The van der Waals surface area contributed by atoms with E-state index in [1.54, 1.807) is 18.3 Å². The van der Waals surface area contributed by atoms with Crippen LogP contribution in [0.15, 0.2) is 54.4 Å². The number of alkyl halides is 1. The number of rotatable bonds is 8. The van der Waals surface area contributed by atoms with Gasteiger partial charge in [-0.1, -0.05) is 30.3 Å². The summed E-state index contributed by atoms with van der Waals surface area (Å²) in [5.74, 6) is -0.621. The van der Waals surface area contributed by atoms with E-state index in [1.807, 2.05) is 24.3 Å². The molecule has 2 aromatic rings. The molecule has 2 amide bonds. The van der Waals surface area contributed by atoms with Gasteiger partial charge in [-0.25, -0.2) is 9.18 Å². The Bertz CT molecular complexity index is 1010. The SMILES string of the molecule is CC(=O)NCC1CN(C2=CC(F)C(c3ccc(CNCc4cn[nH]n4)cc3)C=C2)C(=O)O1. The lowest BCUT2D eigenvalue weighted by Crippen LogP contribution is -2.33. The highest BCUT2D eigenvalue weighted by atomic mass is 19.1. The third-order valence-corrected chi connectivity index (χ3v) is 5.38. The number of carbonyl (C=O) groups is 2. The van der Waals surface area contributed by atoms with Crippen LogP contribution in [-0.2, 0) is 22.6 Å². The fourth-order valence-electron chi connectivity index (χ4n) is 3.71. The minimum atomic E-state index is -1.27. The minimum absolute atomic E-state index is 0.195. The van der Waals surface area contributed by atoms with Gasteiger partial charge in [0.05, 0.1) is 25.0 Å². The van der Waals surface area contributed by atoms with E-state index in [0.29, 0.717) is 18.8 Å². The van der Waals surface area contributed by atoms with Crippen LogP contribution in [0.2, 0.25) is 0 Å². The highest BCUT2D eigenvalue weighted by molar-refractivity contribution is 5.74. The molecule has 1 aliphatic carbocycles. The maximum absolute atomic E-state index is 15.0. The number of nitrogens with zero attached hydrogens (tertiary/aromatic N) is 3. The Kier molecular flexibility index (Phi) is 6.60. The molecule has 10 heteroatoms. The van der Waals surface area contributed by atoms with Crippen molar-refractivity contribution in [3.05, 3.63) is 71.2 Å². The van der Waals surface area contributed by atoms with Gasteiger partial charge in [-0.05, 0) is 23.3 Å². The molecule has 3 N–H and O–H groups in total. The molecule has 32 heavy (non-hydrogen) atoms. The van der Waals surface area contributed by atoms with Crippen molar-refractivity contribution in [1.29, 1.82) is 0 Å². The van der Waals surface area contributed by atoms with Crippen LogP contribution in [0.25, 0.3) is 0 Å². The van der Waals surface area contributed by atoms with Gasteiger partial charge in [0.2, 0.25) is 5.91 Å². The molecule has 0 bridgehead atoms. The summed E-state index contributed by atoms with van der Waals surface area (Å²) in [7, 11) is 0. The van der Waals surface area contributed by atoms with Crippen LogP contribution in [0.1, 0.15) is 29.7 Å². The molecule has 0 saturated carbocycles. The van der Waals surface area contributed by atoms with E-state index in [1.165, 1.54) is 17.9 Å². The largest absolute Gasteiger partial charge is 0.442 e. The van der Waals surface area contributed by atoms with Crippen molar-refractivity contribution >= 4 is 12.0 Å². The van der Waals surface area contributed by atoms with E-state index in [-0.39, 0.29) is 19.0 Å². The lowest BCUT2D eigenvalue weighted by molar-refractivity contribution is -0.119. The summed E-state index contributed by atoms with van der Waals surface area (Å²) < 4.78 is 20.2. The predicted molar refractivity (Wildman–Crippen MR) is 114 cm³/mol. The summed E-state index contributed by atoms with van der Waals surface area (Å²) in [6.07, 6.45) is 4.36. The molecule has 1 aromatic carbocycles. The second kappa shape index (κ2) is 9.73. The van der Waals surface area contributed by atoms with Gasteiger partial charge >= 0.3 is 6.09 Å². The van der Waals surface area contributed by atoms with Gasteiger partial charge in [-0.2, -0.15) is 15.4 Å². The standard InChI is InChI=1S/C22H25FN6O3/c1-14(30)25-12-19-13-29(22(31)32-19)18-6-7-20(21(23)8-18)16-4-2-15(3-5-16)9-24-10-17-11-26-28-27-17/h2-8,11,19-21,24H,9-10,12-13H2,1H3,(H,25,30)(H,26,27,28). The van der Waals surface area contributed by atoms with Crippen LogP contribution >= 0.6 is 0 Å². The summed E-state index contributed by atoms with van der Waals surface area (Å²) in [5, 5.41) is 16.2. The van der Waals surface area contributed by atoms with Crippen molar-refractivity contribution in [3.8, 4) is 0 Å². The average molecular weight is 440 g/mol. The molecule has 3 unspecified atom stereocenters. The third-order valence-electron chi connectivity index (χ3n) is 5.38. The molecule has 1 aliphatic heterocycles. The van der Waals surface area contributed by atoms with Crippen molar-refractivity contribution in [2.75, 3.05) is 13.1 Å². The van der Waals surface area contributed by atoms with E-state index >= 15 is 0 Å². The highest BCUT2D eigenvalue weighted by Gasteiger charge is 2.35. The van der Waals surface area contributed by atoms with Crippen LogP contribution in [0.3, 0.4) is 0 Å². The summed E-state index contributed by atoms with van der Waals surface area (Å²) >= 11 is 0. The Balaban J connectivity index is 1.32. The molecule has 2 heterocycles. The fourth-order valence-corrected chi connectivity index (χ4v) is 3.71. The summed E-state index contributed by atoms with van der Waals surface area (Å²) in [5.41, 5.74) is 3.24. The Labute approximate surface area is 184 Å². The summed E-state index contributed by atoms with van der Waals surface area (Å²) in [6, 6.07) is 7.77. The molecule has 4 rings (SSSR count). The number of hydrogen-bond donors (Lipinski definition) is 3. The maximum atomic E-state index is 15.0. The molecule has 0 spiro atoms. The molecule has 3 atom stereocenters. The Morgan fingerprint density at radius 2 is 2.12 bits per heavy atom. The number of halogens is 1. The van der Waals surface area contributed by atoms with E-state index in [0.717, 1.165) is 16.8 Å². The van der Waals surface area contributed by atoms with Gasteiger partial charge in [0.15, 0.2) is 0 Å². The first-order valence-electron chi connectivity index (χ1n) is 10.4. The summed E-state index contributed by atoms with van der Waals surface area (Å²) in [6.45, 7) is 3.16. The Morgan fingerprint density at radius 3 is 2.81 bits per heavy atom. The van der Waals surface area contributed by atoms with Gasteiger partial charge in [0.1, 0.15) is 12.3 Å². The first kappa shape index (κ1) is 21.7. The number of ether oxygens (including phenoxy) is 1. The normalized spacial score (nSPS) is 22.6. The van der Waals surface area contributed by atoms with Crippen molar-refractivity contribution in [1.82, 2.24) is 30.9 Å². The van der Waals surface area contributed by atoms with E-state index < -0.39 is 24.3 Å². The fraction of sp³-hybridized carbons (Fsp3) is 0.364. The second-order valence-electron chi connectivity index (χ2n) is 7.78. The lowest BCUT2D eigenvalue weighted by Gasteiger charge is -2.24. The van der Waals surface area contributed by atoms with Crippen molar-refractivity contribution in [2.45, 2.75) is 38.2 Å². The van der Waals surface area contributed by atoms with Gasteiger partial charge in [0, 0.05) is 31.6 Å². The number of aromatic amines is 1. The van der Waals surface area contributed by atoms with Crippen molar-refractivity contribution < 1.29 is 18.7 Å². The number of H-pyrrole nitrogens is 1. The number of benzene rings is 1. The molecule has 1 aromatic heterocycles. The van der Waals surface area contributed by atoms with Crippen LogP contribution in [0.4, 0.5) is 9.18 Å². The van der Waals surface area contributed by atoms with Gasteiger partial charge in [0.25, 0.3) is 0 Å². The quantitative estimate of drug-likeness (QED) is 0.578. The number of allylic oxidation sites excluding steroid dienone is 3. The van der Waals surface area contributed by atoms with Gasteiger partial charge in [-0.15, -0.1) is 0 Å². The van der Waals surface area contributed by atoms with Crippen molar-refractivity contribution in [2.24, 2.45) is 0 Å². The number of amides is 2. The molecule has 9 nitrogen and oxygen atoms in total. The molecule has 0 radical (unpaired) electrons. The zero-order valence-electron chi connectivity index (χ0n) is 17.6. The van der Waals surface area contributed by atoms with Crippen LogP contribution in [0.5, 0.6) is 0 Å². The number of aromatic nitrogens is 3. The first-order chi connectivity index (χ1) is 15.5. The Hall–Kier alpha value is -3.53. The third kappa shape index (κ3) is 5.20. The average Bonchev–Trinajstić information content (AvgIpc) is 3.42. The first-order valence-corrected chi connectivity index (χ1v) is 10.4. The summed E-state index contributed by atoms with van der Waals surface area (Å²) in [4.78, 5) is 24.6. The zero-order valence-corrected chi connectivity index (χ0v) is 17.6. The topological polar surface area (TPSA) is 112 Å². The molecular formula is C22H25FN6O3. The molecule has 2 aliphatic rings. The lowest BCUT2D eigenvalue weighted by atomic mass is 9.89. The predicted octanol–water partition coefficient (Wildman–Crippen LogP) is 1.93. The van der Waals surface area contributed by atoms with Crippen LogP contribution in [0, 0.1) is 0 Å². The molecule has 1 saturated heterocycles. The number of hydrogen-bond acceptors (Lipinski definition) is 6. The second-order valence-corrected chi connectivity index (χ2v) is 7.78. The van der Waals surface area contributed by atoms with E-state index in [4.69, 9.17) is 4.74 Å². The van der Waals surface area contributed by atoms with Crippen LogP contribution < -0.4 is 10.6 Å². The molecule has 168 valence electrons. The minimum Gasteiger partial charge on any atom is -0.442 e. The number of carbonyl (C=O) groups excluding carboxylic acids is 2. The maximum Gasteiger partial charge on any atom is 0.414 e. The molecular weight excluding hydrogens is 415 g/mol. The van der Waals surface area contributed by atoms with Gasteiger partial charge in [-0.3, -0.25) is 9.69 Å².